The maximum Gasteiger partial charge on any atom is 0.293 e. The van der Waals surface area contributed by atoms with Crippen LogP contribution in [0, 0.1) is 24.5 Å². The van der Waals surface area contributed by atoms with Gasteiger partial charge in [-0.25, -0.2) is 35.9 Å². The molecule has 2 N–H and O–H groups in total. The molecule has 1 saturated carbocycles. The molecule has 0 radical (unpaired) electrons. The maximum atomic E-state index is 15.3. The summed E-state index contributed by atoms with van der Waals surface area (Å²) < 4.78 is 117. The SMILES string of the molecule is Cc1nc2nc(C(Cc3cc(F)cc(F)c3)NC(=O)Cn3nc(C(F)F)c4c3C(F)(F)[C@@H]3C[C@H]43)c(-c3ccc(Cl)c4c(NS(C)(=O)=O)nn(C)c34)cc2s1. The lowest BCUT2D eigenvalue weighted by atomic mass is 9.94. The first kappa shape index (κ1) is 36.2. The number of fused-ring (bicyclic) bond motifs is 5. The van der Waals surface area contributed by atoms with E-state index in [2.05, 4.69) is 25.2 Å². The van der Waals surface area contributed by atoms with E-state index in [4.69, 9.17) is 16.6 Å². The van der Waals surface area contributed by atoms with Gasteiger partial charge in [-0.2, -0.15) is 19.0 Å². The minimum absolute atomic E-state index is 0.0390. The summed E-state index contributed by atoms with van der Waals surface area (Å²) in [5.74, 6) is -8.19. The molecule has 0 saturated heterocycles. The molecule has 1 fully saturated rings. The number of rotatable bonds is 10. The third kappa shape index (κ3) is 6.24. The normalized spacial score (nSPS) is 18.0. The molecule has 1 amide bonds. The number of hydrogen-bond donors (Lipinski definition) is 2. The fraction of sp³-hybridized carbons (Fsp3) is 0.324. The topological polar surface area (TPSA) is 137 Å². The van der Waals surface area contributed by atoms with E-state index in [1.54, 1.807) is 26.1 Å². The molecule has 6 aromatic rings. The van der Waals surface area contributed by atoms with Gasteiger partial charge in [0.15, 0.2) is 11.5 Å². The van der Waals surface area contributed by atoms with E-state index in [9.17, 15) is 30.8 Å². The quantitative estimate of drug-likeness (QED) is 0.139. The number of nitrogens with one attached hydrogen (secondary N) is 2. The Kier molecular flexibility index (Phi) is 8.49. The van der Waals surface area contributed by atoms with Gasteiger partial charge in [0, 0.05) is 35.7 Å². The molecule has 20 heteroatoms. The third-order valence-electron chi connectivity index (χ3n) is 9.52. The van der Waals surface area contributed by atoms with Crippen LogP contribution in [0.1, 0.15) is 58.0 Å². The van der Waals surface area contributed by atoms with Crippen molar-refractivity contribution in [3.8, 4) is 11.1 Å². The number of aromatic nitrogens is 6. The van der Waals surface area contributed by atoms with Gasteiger partial charge in [-0.1, -0.05) is 17.7 Å². The lowest BCUT2D eigenvalue weighted by Gasteiger charge is -2.23. The molecule has 0 aliphatic heterocycles. The van der Waals surface area contributed by atoms with Crippen molar-refractivity contribution in [2.75, 3.05) is 11.0 Å². The maximum absolute atomic E-state index is 15.3. The van der Waals surface area contributed by atoms with Crippen molar-refractivity contribution in [2.24, 2.45) is 13.0 Å². The Morgan fingerprint density at radius 2 is 1.80 bits per heavy atom. The predicted octanol–water partition coefficient (Wildman–Crippen LogP) is 7.30. The number of carbonyl (C=O) groups excluding carboxylic acids is 1. The average molecular weight is 809 g/mol. The van der Waals surface area contributed by atoms with E-state index >= 15 is 8.78 Å². The molecule has 4 aromatic heterocycles. The Labute approximate surface area is 311 Å². The van der Waals surface area contributed by atoms with Crippen molar-refractivity contribution in [1.29, 1.82) is 0 Å². The number of carbonyl (C=O) groups is 1. The highest BCUT2D eigenvalue weighted by molar-refractivity contribution is 7.92. The number of thiazole rings is 1. The van der Waals surface area contributed by atoms with E-state index < -0.39 is 75.7 Å². The van der Waals surface area contributed by atoms with Crippen LogP contribution in [0.25, 0.3) is 32.4 Å². The molecular weight excluding hydrogens is 782 g/mol. The number of alkyl halides is 4. The molecule has 11 nitrogen and oxygen atoms in total. The number of pyridine rings is 1. The van der Waals surface area contributed by atoms with Gasteiger partial charge >= 0.3 is 0 Å². The van der Waals surface area contributed by atoms with E-state index in [0.29, 0.717) is 37.1 Å². The summed E-state index contributed by atoms with van der Waals surface area (Å²) in [6.07, 6.45) is -2.44. The Balaban J connectivity index is 1.28. The number of amides is 1. The van der Waals surface area contributed by atoms with Crippen molar-refractivity contribution in [2.45, 2.75) is 50.6 Å². The predicted molar refractivity (Wildman–Crippen MR) is 188 cm³/mol. The smallest absolute Gasteiger partial charge is 0.293 e. The molecule has 0 bridgehead atoms. The summed E-state index contributed by atoms with van der Waals surface area (Å²) in [5, 5.41) is 11.9. The summed E-state index contributed by atoms with van der Waals surface area (Å²) in [5.41, 5.74) is -0.156. The van der Waals surface area contributed by atoms with Crippen LogP contribution in [0.4, 0.5) is 32.2 Å². The Bertz CT molecular complexity index is 2640. The van der Waals surface area contributed by atoms with Crippen LogP contribution in [0.3, 0.4) is 0 Å². The fourth-order valence-corrected chi connectivity index (χ4v) is 8.99. The first-order valence-electron chi connectivity index (χ1n) is 16.3. The highest BCUT2D eigenvalue weighted by Crippen LogP contribution is 2.68. The van der Waals surface area contributed by atoms with Gasteiger partial charge in [0.05, 0.1) is 43.6 Å². The Morgan fingerprint density at radius 1 is 1.07 bits per heavy atom. The first-order valence-corrected chi connectivity index (χ1v) is 19.4. The van der Waals surface area contributed by atoms with E-state index in [1.807, 2.05) is 0 Å². The van der Waals surface area contributed by atoms with Crippen LogP contribution < -0.4 is 10.0 Å². The second kappa shape index (κ2) is 12.7. The summed E-state index contributed by atoms with van der Waals surface area (Å²) in [6.45, 7) is 0.875. The summed E-state index contributed by atoms with van der Waals surface area (Å²) in [6, 6.07) is 6.42. The van der Waals surface area contributed by atoms with Crippen LogP contribution in [-0.2, 0) is 40.8 Å². The molecule has 2 aromatic carbocycles. The number of aryl methyl sites for hydroxylation is 2. The van der Waals surface area contributed by atoms with Crippen LogP contribution >= 0.6 is 22.9 Å². The van der Waals surface area contributed by atoms with Crippen molar-refractivity contribution in [1.82, 2.24) is 34.8 Å². The van der Waals surface area contributed by atoms with Gasteiger partial charge in [-0.05, 0) is 55.5 Å². The van der Waals surface area contributed by atoms with Gasteiger partial charge in [0.25, 0.3) is 12.3 Å². The zero-order valence-corrected chi connectivity index (χ0v) is 30.7. The Hall–Kier alpha value is -4.75. The Morgan fingerprint density at radius 3 is 2.48 bits per heavy atom. The average Bonchev–Trinajstić information content (AvgIpc) is 3.37. The molecule has 54 heavy (non-hydrogen) atoms. The third-order valence-corrected chi connectivity index (χ3v) is 11.3. The van der Waals surface area contributed by atoms with E-state index in [-0.39, 0.29) is 51.5 Å². The van der Waals surface area contributed by atoms with E-state index in [1.165, 1.54) is 22.1 Å². The van der Waals surface area contributed by atoms with Crippen LogP contribution in [-0.4, -0.2) is 50.1 Å². The van der Waals surface area contributed by atoms with Crippen LogP contribution in [0.2, 0.25) is 5.02 Å². The summed E-state index contributed by atoms with van der Waals surface area (Å²) >= 11 is 7.90. The lowest BCUT2D eigenvalue weighted by Crippen LogP contribution is -2.35. The molecule has 0 spiro atoms. The first-order chi connectivity index (χ1) is 25.4. The fourth-order valence-electron chi connectivity index (χ4n) is 7.44. The molecule has 2 aliphatic carbocycles. The van der Waals surface area contributed by atoms with Gasteiger partial charge in [0.1, 0.15) is 29.6 Å². The lowest BCUT2D eigenvalue weighted by molar-refractivity contribution is -0.123. The summed E-state index contributed by atoms with van der Waals surface area (Å²) in [7, 11) is -2.24. The van der Waals surface area contributed by atoms with E-state index in [0.717, 1.165) is 18.4 Å². The minimum atomic E-state index is -3.80. The second-order valence-corrected chi connectivity index (χ2v) is 16.8. The zero-order chi connectivity index (χ0) is 38.6. The molecule has 282 valence electrons. The van der Waals surface area contributed by atoms with Crippen molar-refractivity contribution in [3.05, 3.63) is 86.3 Å². The number of hydrogen-bond acceptors (Lipinski definition) is 8. The minimum Gasteiger partial charge on any atom is -0.346 e. The van der Waals surface area contributed by atoms with Crippen molar-refractivity contribution >= 4 is 65.9 Å². The summed E-state index contributed by atoms with van der Waals surface area (Å²) in [4.78, 5) is 23.2. The second-order valence-electron chi connectivity index (χ2n) is 13.4. The molecule has 2 aliphatic rings. The van der Waals surface area contributed by atoms with Gasteiger partial charge in [-0.15, -0.1) is 11.3 Å². The standard InChI is InChI=1S/C34H27ClF6N8O3S2/c1-13-42-32-23(53-13)11-18(17-4-5-21(35)26-29(17)48(2)46-33(26)47-54(3,51)52)27(44-32)22(8-14-6-15(36)9-16(37)7-14)43-24(50)12-49-30-25(28(45-49)31(38)39)19-10-20(19)34(30,40)41/h4-7,9,11,19-20,22,31H,8,10,12H2,1-3H3,(H,43,50)(H,46,47)/t19-,20+,22?/m0/s1. The van der Waals surface area contributed by atoms with Crippen LogP contribution in [0.5, 0.6) is 0 Å². The molecule has 4 heterocycles. The molecular formula is C34H27ClF6N8O3S2. The number of sulfonamides is 1. The number of benzene rings is 2. The van der Waals surface area contributed by atoms with Crippen LogP contribution in [0.15, 0.2) is 36.4 Å². The molecule has 3 atom stereocenters. The number of halogens is 7. The number of anilines is 1. The van der Waals surface area contributed by atoms with Gasteiger partial charge in [0.2, 0.25) is 15.9 Å². The van der Waals surface area contributed by atoms with Crippen molar-refractivity contribution in [3.63, 3.8) is 0 Å². The molecule has 1 unspecified atom stereocenters. The van der Waals surface area contributed by atoms with Gasteiger partial charge in [-0.3, -0.25) is 18.9 Å². The highest BCUT2D eigenvalue weighted by atomic mass is 35.5. The zero-order valence-electron chi connectivity index (χ0n) is 28.3. The monoisotopic (exact) mass is 808 g/mol. The number of nitrogens with zero attached hydrogens (tertiary/aromatic N) is 6. The highest BCUT2D eigenvalue weighted by Gasteiger charge is 2.67. The van der Waals surface area contributed by atoms with Crippen molar-refractivity contribution < 1.29 is 39.6 Å². The largest absolute Gasteiger partial charge is 0.346 e. The van der Waals surface area contributed by atoms with Gasteiger partial charge < -0.3 is 5.32 Å². The molecule has 8 rings (SSSR count).